The fourth-order valence-corrected chi connectivity index (χ4v) is 2.54. The highest BCUT2D eigenvalue weighted by Gasteiger charge is 2.20. The summed E-state index contributed by atoms with van der Waals surface area (Å²) in [5, 5.41) is 7.77. The Morgan fingerprint density at radius 1 is 1.33 bits per heavy atom. The van der Waals surface area contributed by atoms with Crippen LogP contribution in [-0.4, -0.2) is 26.7 Å². The Labute approximate surface area is 127 Å². The smallest absolute Gasteiger partial charge is 0.291 e. The van der Waals surface area contributed by atoms with Gasteiger partial charge >= 0.3 is 0 Å². The molecular weight excluding hydrogens is 288 g/mol. The molecule has 3 rings (SSSR count). The number of nitrogens with one attached hydrogen (secondary N) is 1. The van der Waals surface area contributed by atoms with Crippen molar-refractivity contribution in [2.45, 2.75) is 25.8 Å². The summed E-state index contributed by atoms with van der Waals surface area (Å²) in [6.07, 6.45) is 5.84. The molecule has 1 aliphatic rings. The van der Waals surface area contributed by atoms with E-state index in [0.717, 1.165) is 12.8 Å². The van der Waals surface area contributed by atoms with Crippen LogP contribution in [0.5, 0.6) is 0 Å². The average Bonchev–Trinajstić information content (AvgIpc) is 3.09. The minimum atomic E-state index is -0.252. The third-order valence-electron chi connectivity index (χ3n) is 3.40. The van der Waals surface area contributed by atoms with Crippen molar-refractivity contribution in [1.29, 1.82) is 0 Å². The van der Waals surface area contributed by atoms with Gasteiger partial charge in [-0.1, -0.05) is 35.9 Å². The molecule has 0 saturated carbocycles. The van der Waals surface area contributed by atoms with Crippen LogP contribution in [0.25, 0.3) is 5.69 Å². The third-order valence-corrected chi connectivity index (χ3v) is 3.72. The molecule has 0 atom stereocenters. The van der Waals surface area contributed by atoms with Crippen LogP contribution in [-0.2, 0) is 0 Å². The van der Waals surface area contributed by atoms with E-state index < -0.39 is 0 Å². The van der Waals surface area contributed by atoms with Crippen LogP contribution in [0.3, 0.4) is 0 Å². The Bertz CT molecular complexity index is 699. The van der Waals surface area contributed by atoms with Gasteiger partial charge in [-0.3, -0.25) is 4.79 Å². The average molecular weight is 303 g/mol. The molecule has 1 aliphatic carbocycles. The molecule has 2 aromatic rings. The van der Waals surface area contributed by atoms with Gasteiger partial charge in [-0.15, -0.1) is 5.10 Å². The Hall–Kier alpha value is -2.14. The summed E-state index contributed by atoms with van der Waals surface area (Å²) < 4.78 is 1.59. The van der Waals surface area contributed by atoms with Crippen LogP contribution >= 0.6 is 11.6 Å². The van der Waals surface area contributed by atoms with Crippen molar-refractivity contribution in [3.63, 3.8) is 0 Å². The number of benzene rings is 1. The van der Waals surface area contributed by atoms with E-state index in [1.165, 1.54) is 0 Å². The lowest BCUT2D eigenvalue weighted by atomic mass is 10.2. The first-order valence-corrected chi connectivity index (χ1v) is 7.17. The van der Waals surface area contributed by atoms with Crippen LogP contribution in [0.2, 0.25) is 5.02 Å². The van der Waals surface area contributed by atoms with Crippen molar-refractivity contribution in [2.75, 3.05) is 0 Å². The number of carbonyl (C=O) groups is 1. The van der Waals surface area contributed by atoms with Gasteiger partial charge in [0.2, 0.25) is 5.82 Å². The number of aryl methyl sites for hydroxylation is 1. The summed E-state index contributed by atoms with van der Waals surface area (Å²) in [7, 11) is 0. The lowest BCUT2D eigenvalue weighted by Crippen LogP contribution is -2.33. The number of nitrogens with zero attached hydrogens (tertiary/aromatic N) is 3. The molecule has 6 heteroatoms. The standard InChI is InChI=1S/C15H15ClN4O/c1-10-17-14(15(21)18-11-6-2-3-7-11)19-20(10)13-9-5-4-8-12(13)16/h2-5,8-9,11H,6-7H2,1H3,(H,18,21). The second-order valence-corrected chi connectivity index (χ2v) is 5.37. The number of para-hydroxylation sites is 1. The highest BCUT2D eigenvalue weighted by Crippen LogP contribution is 2.20. The van der Waals surface area contributed by atoms with Crippen LogP contribution in [0.15, 0.2) is 36.4 Å². The molecule has 0 saturated heterocycles. The van der Waals surface area contributed by atoms with Gasteiger partial charge in [0.05, 0.1) is 10.7 Å². The van der Waals surface area contributed by atoms with Crippen LogP contribution in [0.4, 0.5) is 0 Å². The van der Waals surface area contributed by atoms with E-state index in [-0.39, 0.29) is 17.8 Å². The molecule has 0 radical (unpaired) electrons. The van der Waals surface area contributed by atoms with E-state index in [9.17, 15) is 4.79 Å². The van der Waals surface area contributed by atoms with Gasteiger partial charge < -0.3 is 5.32 Å². The summed E-state index contributed by atoms with van der Waals surface area (Å²) in [6, 6.07) is 7.48. The first kappa shape index (κ1) is 13.8. The molecule has 21 heavy (non-hydrogen) atoms. The molecule has 0 unspecified atom stereocenters. The van der Waals surface area contributed by atoms with Crippen LogP contribution in [0.1, 0.15) is 29.3 Å². The van der Waals surface area contributed by atoms with E-state index in [4.69, 9.17) is 11.6 Å². The molecule has 1 aromatic heterocycles. The molecule has 108 valence electrons. The molecule has 0 fully saturated rings. The monoisotopic (exact) mass is 302 g/mol. The molecule has 1 N–H and O–H groups in total. The zero-order valence-electron chi connectivity index (χ0n) is 11.6. The van der Waals surface area contributed by atoms with Crippen molar-refractivity contribution in [3.8, 4) is 5.69 Å². The first-order valence-electron chi connectivity index (χ1n) is 6.79. The predicted octanol–water partition coefficient (Wildman–Crippen LogP) is 2.68. The summed E-state index contributed by atoms with van der Waals surface area (Å²) >= 11 is 6.16. The maximum atomic E-state index is 12.2. The first-order chi connectivity index (χ1) is 10.1. The minimum Gasteiger partial charge on any atom is -0.346 e. The van der Waals surface area contributed by atoms with E-state index in [2.05, 4.69) is 27.6 Å². The van der Waals surface area contributed by atoms with Crippen molar-refractivity contribution < 1.29 is 4.79 Å². The maximum Gasteiger partial charge on any atom is 0.291 e. The SMILES string of the molecule is Cc1nc(C(=O)NC2CC=CC2)nn1-c1ccccc1Cl. The summed E-state index contributed by atoms with van der Waals surface area (Å²) in [4.78, 5) is 16.4. The molecule has 1 aromatic carbocycles. The Morgan fingerprint density at radius 3 is 2.76 bits per heavy atom. The molecule has 0 bridgehead atoms. The van der Waals surface area contributed by atoms with Crippen molar-refractivity contribution in [1.82, 2.24) is 20.1 Å². The van der Waals surface area contributed by atoms with Crippen molar-refractivity contribution >= 4 is 17.5 Å². The van der Waals surface area contributed by atoms with Crippen LogP contribution in [0, 0.1) is 6.92 Å². The Kier molecular flexibility index (Phi) is 3.75. The van der Waals surface area contributed by atoms with E-state index in [1.807, 2.05) is 18.2 Å². The minimum absolute atomic E-state index is 0.144. The topological polar surface area (TPSA) is 59.8 Å². The molecule has 1 heterocycles. The molecular formula is C15H15ClN4O. The maximum absolute atomic E-state index is 12.2. The number of amides is 1. The molecule has 5 nitrogen and oxygen atoms in total. The van der Waals surface area contributed by atoms with Crippen molar-refractivity contribution in [3.05, 3.63) is 53.1 Å². The van der Waals surface area contributed by atoms with E-state index in [0.29, 0.717) is 16.5 Å². The quantitative estimate of drug-likeness (QED) is 0.887. The number of hydrogen-bond donors (Lipinski definition) is 1. The number of hydrogen-bond acceptors (Lipinski definition) is 3. The van der Waals surface area contributed by atoms with Gasteiger partial charge in [0.25, 0.3) is 5.91 Å². The highest BCUT2D eigenvalue weighted by atomic mass is 35.5. The van der Waals surface area contributed by atoms with E-state index >= 15 is 0 Å². The van der Waals surface area contributed by atoms with Gasteiger partial charge in [0.15, 0.2) is 0 Å². The second-order valence-electron chi connectivity index (χ2n) is 4.96. The Balaban J connectivity index is 1.84. The third kappa shape index (κ3) is 2.83. The number of halogens is 1. The van der Waals surface area contributed by atoms with Gasteiger partial charge in [-0.25, -0.2) is 9.67 Å². The zero-order chi connectivity index (χ0) is 14.8. The number of carbonyl (C=O) groups excluding carboxylic acids is 1. The fraction of sp³-hybridized carbons (Fsp3) is 0.267. The fourth-order valence-electron chi connectivity index (χ4n) is 2.32. The van der Waals surface area contributed by atoms with Gasteiger partial charge in [-0.05, 0) is 31.9 Å². The van der Waals surface area contributed by atoms with Crippen molar-refractivity contribution in [2.24, 2.45) is 0 Å². The summed E-state index contributed by atoms with van der Waals surface area (Å²) in [5.41, 5.74) is 0.714. The lowest BCUT2D eigenvalue weighted by molar-refractivity contribution is 0.0928. The van der Waals surface area contributed by atoms with Gasteiger partial charge in [0, 0.05) is 6.04 Å². The number of rotatable bonds is 3. The second kappa shape index (κ2) is 5.69. The molecule has 1 amide bonds. The largest absolute Gasteiger partial charge is 0.346 e. The summed E-state index contributed by atoms with van der Waals surface area (Å²) in [6.45, 7) is 1.80. The molecule has 0 spiro atoms. The molecule has 0 aliphatic heterocycles. The Morgan fingerprint density at radius 2 is 2.05 bits per heavy atom. The van der Waals surface area contributed by atoms with Gasteiger partial charge in [0.1, 0.15) is 5.82 Å². The summed E-state index contributed by atoms with van der Waals surface area (Å²) in [5.74, 6) is 0.537. The van der Waals surface area contributed by atoms with Gasteiger partial charge in [-0.2, -0.15) is 0 Å². The highest BCUT2D eigenvalue weighted by molar-refractivity contribution is 6.32. The van der Waals surface area contributed by atoms with E-state index in [1.54, 1.807) is 17.7 Å². The predicted molar refractivity (Wildman–Crippen MR) is 80.7 cm³/mol. The zero-order valence-corrected chi connectivity index (χ0v) is 12.3. The van der Waals surface area contributed by atoms with Crippen LogP contribution < -0.4 is 5.32 Å². The number of aromatic nitrogens is 3. The normalized spacial score (nSPS) is 14.6. The lowest BCUT2D eigenvalue weighted by Gasteiger charge is -2.09.